The van der Waals surface area contributed by atoms with Crippen LogP contribution >= 0.6 is 45.3 Å². The van der Waals surface area contributed by atoms with Crippen LogP contribution in [0, 0.1) is 0 Å². The van der Waals surface area contributed by atoms with Gasteiger partial charge in [-0.3, -0.25) is 19.2 Å². The zero-order valence-corrected chi connectivity index (χ0v) is 44.6. The van der Waals surface area contributed by atoms with E-state index in [1.54, 1.807) is 46.3 Å². The zero-order chi connectivity index (χ0) is 51.6. The average Bonchev–Trinajstić information content (AvgIpc) is 4.09. The number of carboxylic acid groups (broad SMARTS) is 1. The molecule has 6 aromatic rings. The summed E-state index contributed by atoms with van der Waals surface area (Å²) >= 11 is 6.18. The summed E-state index contributed by atoms with van der Waals surface area (Å²) in [4.78, 5) is 86.3. The molecule has 21 heteroatoms. The maximum atomic E-state index is 12.7. The van der Waals surface area contributed by atoms with E-state index in [0.29, 0.717) is 52.0 Å². The predicted octanol–water partition coefficient (Wildman–Crippen LogP) is 10.3. The molecule has 2 aliphatic rings. The molecule has 4 aromatic heterocycles. The molecule has 0 unspecified atom stereocenters. The van der Waals surface area contributed by atoms with E-state index < -0.39 is 17.2 Å². The predicted molar refractivity (Wildman–Crippen MR) is 283 cm³/mol. The van der Waals surface area contributed by atoms with E-state index in [1.165, 1.54) is 22.7 Å². The molecule has 17 nitrogen and oxygen atoms in total. The molecule has 71 heavy (non-hydrogen) atoms. The third-order valence-corrected chi connectivity index (χ3v) is 15.0. The van der Waals surface area contributed by atoms with Crippen molar-refractivity contribution >= 4 is 112 Å². The van der Waals surface area contributed by atoms with E-state index in [-0.39, 0.29) is 55.7 Å². The average molecular weight is 1050 g/mol. The Morgan fingerprint density at radius 2 is 1.07 bits per heavy atom. The van der Waals surface area contributed by atoms with Gasteiger partial charge in [0.05, 0.1) is 33.5 Å². The van der Waals surface area contributed by atoms with Gasteiger partial charge in [-0.15, -0.1) is 45.3 Å². The van der Waals surface area contributed by atoms with Crippen LogP contribution in [-0.4, -0.2) is 98.1 Å². The van der Waals surface area contributed by atoms with Crippen molar-refractivity contribution in [1.29, 1.82) is 0 Å². The van der Waals surface area contributed by atoms with Crippen molar-refractivity contribution in [2.24, 2.45) is 5.73 Å². The second-order valence-corrected chi connectivity index (χ2v) is 22.8. The van der Waals surface area contributed by atoms with Crippen molar-refractivity contribution in [3.8, 4) is 21.1 Å². The van der Waals surface area contributed by atoms with Gasteiger partial charge in [0.25, 0.3) is 0 Å². The lowest BCUT2D eigenvalue weighted by atomic mass is 10.0. The molecule has 380 valence electrons. The number of carbonyl (C=O) groups excluding carboxylic acids is 5. The molecule has 0 fully saturated rings. The number of aliphatic carboxylic acids is 1. The Hall–Kier alpha value is -6.00. The normalized spacial score (nSPS) is 13.2. The number of nitrogens with zero attached hydrogens (tertiary/aromatic N) is 4. The van der Waals surface area contributed by atoms with E-state index >= 15 is 0 Å². The van der Waals surface area contributed by atoms with E-state index in [1.807, 2.05) is 90.1 Å². The fourth-order valence-electron chi connectivity index (χ4n) is 7.31. The van der Waals surface area contributed by atoms with Crippen LogP contribution in [0.4, 0.5) is 19.6 Å². The largest absolute Gasteiger partial charge is 0.481 e. The molecule has 8 rings (SSSR count). The molecule has 0 spiro atoms. The van der Waals surface area contributed by atoms with Crippen LogP contribution in [-0.2, 0) is 54.6 Å². The maximum Gasteiger partial charge on any atom is 0.410 e. The van der Waals surface area contributed by atoms with E-state index in [9.17, 15) is 28.8 Å². The topological polar surface area (TPSA) is 235 Å². The number of thiazole rings is 2. The molecule has 6 N–H and O–H groups in total. The van der Waals surface area contributed by atoms with Crippen LogP contribution in [0.1, 0.15) is 102 Å². The van der Waals surface area contributed by atoms with E-state index in [4.69, 9.17) is 30.3 Å². The molecular weight excluding hydrogens is 985 g/mol. The summed E-state index contributed by atoms with van der Waals surface area (Å²) in [5.41, 5.74) is 10.5. The molecule has 0 bridgehead atoms. The number of fused-ring (bicyclic) bond motifs is 4. The third-order valence-electron chi connectivity index (χ3n) is 10.6. The Morgan fingerprint density at radius 1 is 0.648 bits per heavy atom. The SMILES string of the molecule is CC(C)(C)OC(=O)N1CCc2c(sc(NC(=O)CCN)c2-c2nc3ccccc3s2)C1.CCC(=O)NCCC(=O)Nc1sc2c(c1-c1nc3ccccc3s1)CCN(C(=O)OC(C)(C)C)C2.CCC(=O)O. The Morgan fingerprint density at radius 3 is 1.45 bits per heavy atom. The maximum absolute atomic E-state index is 12.7. The Bertz CT molecular complexity index is 2820. The minimum atomic E-state index is -0.745. The molecule has 6 heterocycles. The van der Waals surface area contributed by atoms with Gasteiger partial charge in [-0.1, -0.05) is 38.1 Å². The molecular formula is C50H62N8O9S4. The number of nitrogens with one attached hydrogen (secondary N) is 3. The van der Waals surface area contributed by atoms with Crippen molar-refractivity contribution in [2.45, 2.75) is 118 Å². The van der Waals surface area contributed by atoms with Gasteiger partial charge in [0.2, 0.25) is 17.7 Å². The van der Waals surface area contributed by atoms with E-state index in [0.717, 1.165) is 72.5 Å². The highest BCUT2D eigenvalue weighted by Gasteiger charge is 2.33. The molecule has 2 aromatic carbocycles. The molecule has 0 saturated carbocycles. The van der Waals surface area contributed by atoms with Crippen molar-refractivity contribution < 1.29 is 43.3 Å². The molecule has 0 aliphatic carbocycles. The van der Waals surface area contributed by atoms with Gasteiger partial charge in [0.15, 0.2) is 0 Å². The van der Waals surface area contributed by atoms with Crippen molar-refractivity contribution in [1.82, 2.24) is 25.1 Å². The lowest BCUT2D eigenvalue weighted by Gasteiger charge is -2.30. The number of benzene rings is 2. The first kappa shape index (κ1) is 54.3. The Balaban J connectivity index is 0.000000213. The first-order chi connectivity index (χ1) is 33.7. The van der Waals surface area contributed by atoms with Gasteiger partial charge < -0.3 is 46.1 Å². The summed E-state index contributed by atoms with van der Waals surface area (Å²) in [5.74, 6) is -1.12. The van der Waals surface area contributed by atoms with Crippen LogP contribution < -0.4 is 21.7 Å². The lowest BCUT2D eigenvalue weighted by Crippen LogP contribution is -2.39. The smallest absolute Gasteiger partial charge is 0.410 e. The Kier molecular flexibility index (Phi) is 18.3. The van der Waals surface area contributed by atoms with Gasteiger partial charge in [-0.05, 0) is 89.8 Å². The number of aromatic nitrogens is 2. The number of carbonyl (C=O) groups is 6. The number of nitrogens with two attached hydrogens (primary N) is 1. The quantitative estimate of drug-likeness (QED) is 0.0815. The fourth-order valence-corrected chi connectivity index (χ4v) is 12.1. The number of hydrogen-bond donors (Lipinski definition) is 5. The molecule has 0 saturated heterocycles. The molecule has 0 atom stereocenters. The van der Waals surface area contributed by atoms with Crippen LogP contribution in [0.15, 0.2) is 48.5 Å². The molecule has 0 radical (unpaired) electrons. The van der Waals surface area contributed by atoms with Crippen molar-refractivity contribution in [2.75, 3.05) is 36.8 Å². The number of amides is 5. The number of carboxylic acids is 1. The standard InChI is InChI=1S/C25H30N4O4S2.C22H26N4O3S2.C3H6O2/c1-5-19(30)26-12-10-20(31)28-23-21(22-27-16-8-6-7-9-17(16)34-22)15-11-13-29(14-18(15)35-23)24(32)33-25(2,3)4;1-22(2,3)29-21(28)26-11-9-13-16(12-26)31-20(25-17(27)8-10-23)18(13)19-24-14-6-4-5-7-15(14)30-19;1-2-3(4)5/h6-9H,5,10-14H2,1-4H3,(H,26,30)(H,28,31);4-7H,8-12,23H2,1-3H3,(H,25,27);2H2,1H3,(H,4,5). The second kappa shape index (κ2) is 23.9. The number of hydrogen-bond acceptors (Lipinski definition) is 15. The van der Waals surface area contributed by atoms with Gasteiger partial charge >= 0.3 is 18.2 Å². The van der Waals surface area contributed by atoms with Crippen LogP contribution in [0.3, 0.4) is 0 Å². The highest BCUT2D eigenvalue weighted by atomic mass is 32.1. The van der Waals surface area contributed by atoms with Crippen LogP contribution in [0.2, 0.25) is 0 Å². The Labute approximate surface area is 429 Å². The second-order valence-electron chi connectivity index (χ2n) is 18.5. The highest BCUT2D eigenvalue weighted by Crippen LogP contribution is 2.47. The van der Waals surface area contributed by atoms with Gasteiger partial charge in [0, 0.05) is 72.7 Å². The summed E-state index contributed by atoms with van der Waals surface area (Å²) in [5, 5.41) is 19.8. The highest BCUT2D eigenvalue weighted by molar-refractivity contribution is 7.23. The number of anilines is 2. The summed E-state index contributed by atoms with van der Waals surface area (Å²) < 4.78 is 13.3. The summed E-state index contributed by atoms with van der Waals surface area (Å²) in [6.45, 7) is 17.1. The molecule has 2 aliphatic heterocycles. The van der Waals surface area contributed by atoms with Gasteiger partial charge in [0.1, 0.15) is 31.2 Å². The van der Waals surface area contributed by atoms with Crippen LogP contribution in [0.25, 0.3) is 41.6 Å². The summed E-state index contributed by atoms with van der Waals surface area (Å²) in [6.07, 6.45) is 1.72. The van der Waals surface area contributed by atoms with Crippen molar-refractivity contribution in [3.63, 3.8) is 0 Å². The summed E-state index contributed by atoms with van der Waals surface area (Å²) in [6, 6.07) is 16.0. The number of thiophene rings is 2. The lowest BCUT2D eigenvalue weighted by molar-refractivity contribution is -0.136. The van der Waals surface area contributed by atoms with Gasteiger partial charge in [-0.2, -0.15) is 0 Å². The fraction of sp³-hybridized carbons (Fsp3) is 0.440. The molecule has 5 amide bonds. The van der Waals surface area contributed by atoms with E-state index in [2.05, 4.69) is 16.0 Å². The summed E-state index contributed by atoms with van der Waals surface area (Å²) in [7, 11) is 0. The number of rotatable bonds is 11. The minimum absolute atomic E-state index is 0.0817. The first-order valence-corrected chi connectivity index (χ1v) is 26.7. The minimum Gasteiger partial charge on any atom is -0.481 e. The van der Waals surface area contributed by atoms with Crippen molar-refractivity contribution in [3.05, 3.63) is 69.4 Å². The van der Waals surface area contributed by atoms with Gasteiger partial charge in [-0.25, -0.2) is 19.6 Å². The first-order valence-electron chi connectivity index (χ1n) is 23.4. The number of para-hydroxylation sites is 2. The monoisotopic (exact) mass is 1050 g/mol. The zero-order valence-electron chi connectivity index (χ0n) is 41.3. The third kappa shape index (κ3) is 14.8. The van der Waals surface area contributed by atoms with Crippen LogP contribution in [0.5, 0.6) is 0 Å². The number of ether oxygens (including phenoxy) is 2.